The molecule has 0 saturated carbocycles. The highest BCUT2D eigenvalue weighted by atomic mass is 35.5. The highest BCUT2D eigenvalue weighted by Gasteiger charge is 2.16. The monoisotopic (exact) mass is 338 g/mol. The van der Waals surface area contributed by atoms with Gasteiger partial charge in [-0.15, -0.1) is 0 Å². The third-order valence-electron chi connectivity index (χ3n) is 4.28. The molecule has 0 aliphatic heterocycles. The molecule has 23 heavy (non-hydrogen) atoms. The number of rotatable bonds is 0. The number of hydrogen-bond donors (Lipinski definition) is 0. The van der Waals surface area contributed by atoms with Gasteiger partial charge in [-0.1, -0.05) is 53.5 Å². The normalized spacial score (nSPS) is 12.1. The third-order valence-corrected chi connectivity index (χ3v) is 5.00. The fourth-order valence-corrected chi connectivity index (χ4v) is 3.60. The SMILES string of the molecule is O=c1c2cccc3cccc(c32)c2nc3cc(Cl)c(Cl)cc3n12. The van der Waals surface area contributed by atoms with Crippen molar-refractivity contribution in [1.82, 2.24) is 9.38 Å². The Morgan fingerprint density at radius 1 is 0.913 bits per heavy atom. The maximum atomic E-state index is 13.0. The molecule has 0 unspecified atom stereocenters. The summed E-state index contributed by atoms with van der Waals surface area (Å²) in [6.45, 7) is 0. The molecular weight excluding hydrogens is 331 g/mol. The Hall–Kier alpha value is -2.36. The first-order valence-electron chi connectivity index (χ1n) is 7.09. The summed E-state index contributed by atoms with van der Waals surface area (Å²) in [5, 5.41) is 4.43. The van der Waals surface area contributed by atoms with Crippen molar-refractivity contribution in [1.29, 1.82) is 0 Å². The molecule has 0 bridgehead atoms. The van der Waals surface area contributed by atoms with E-state index >= 15 is 0 Å². The van der Waals surface area contributed by atoms with Crippen molar-refractivity contribution in [2.75, 3.05) is 0 Å². The van der Waals surface area contributed by atoms with E-state index in [1.165, 1.54) is 0 Å². The highest BCUT2D eigenvalue weighted by Crippen LogP contribution is 2.32. The summed E-state index contributed by atoms with van der Waals surface area (Å²) in [6, 6.07) is 15.1. The quantitative estimate of drug-likeness (QED) is 0.402. The van der Waals surface area contributed by atoms with E-state index < -0.39 is 0 Å². The molecule has 0 atom stereocenters. The summed E-state index contributed by atoms with van der Waals surface area (Å²) in [6.07, 6.45) is 0. The predicted octanol–water partition coefficient (Wildman–Crippen LogP) is 4.90. The van der Waals surface area contributed by atoms with Crippen LogP contribution in [0.5, 0.6) is 0 Å². The van der Waals surface area contributed by atoms with Crippen LogP contribution in [0.3, 0.4) is 0 Å². The van der Waals surface area contributed by atoms with Crippen molar-refractivity contribution in [3.05, 3.63) is 68.9 Å². The van der Waals surface area contributed by atoms with Gasteiger partial charge in [0.15, 0.2) is 0 Å². The van der Waals surface area contributed by atoms with Crippen molar-refractivity contribution < 1.29 is 0 Å². The van der Waals surface area contributed by atoms with E-state index in [4.69, 9.17) is 23.2 Å². The standard InChI is InChI=1S/C18H8Cl2N2O/c19-12-7-14-15(8-13(12)20)22-17(21-14)10-5-1-3-9-4-2-6-11(16(9)10)18(22)23/h1-8H. The molecule has 0 aliphatic carbocycles. The summed E-state index contributed by atoms with van der Waals surface area (Å²) in [5.41, 5.74) is 1.87. The van der Waals surface area contributed by atoms with Crippen LogP contribution in [-0.4, -0.2) is 9.38 Å². The molecule has 5 aromatic rings. The van der Waals surface area contributed by atoms with E-state index in [-0.39, 0.29) is 5.56 Å². The van der Waals surface area contributed by atoms with Crippen molar-refractivity contribution >= 4 is 61.4 Å². The van der Waals surface area contributed by atoms with E-state index in [0.717, 1.165) is 16.2 Å². The Kier molecular flexibility index (Phi) is 2.48. The smallest absolute Gasteiger partial charge is 0.264 e. The van der Waals surface area contributed by atoms with Crippen LogP contribution in [0.1, 0.15) is 0 Å². The zero-order valence-electron chi connectivity index (χ0n) is 11.7. The summed E-state index contributed by atoms with van der Waals surface area (Å²) < 4.78 is 1.62. The van der Waals surface area contributed by atoms with Gasteiger partial charge in [-0.05, 0) is 23.6 Å². The Morgan fingerprint density at radius 3 is 2.39 bits per heavy atom. The molecular formula is C18H8Cl2N2O. The molecule has 0 amide bonds. The summed E-state index contributed by atoms with van der Waals surface area (Å²) in [7, 11) is 0. The summed E-state index contributed by atoms with van der Waals surface area (Å²) in [4.78, 5) is 17.6. The van der Waals surface area contributed by atoms with Crippen molar-refractivity contribution in [2.24, 2.45) is 0 Å². The number of halogens is 2. The van der Waals surface area contributed by atoms with Crippen LogP contribution in [0.2, 0.25) is 10.0 Å². The Morgan fingerprint density at radius 2 is 1.61 bits per heavy atom. The fourth-order valence-electron chi connectivity index (χ4n) is 3.28. The Balaban J connectivity index is 2.20. The first kappa shape index (κ1) is 13.1. The van der Waals surface area contributed by atoms with Gasteiger partial charge in [0, 0.05) is 16.2 Å². The van der Waals surface area contributed by atoms with Crippen molar-refractivity contribution in [2.45, 2.75) is 0 Å². The van der Waals surface area contributed by atoms with Crippen molar-refractivity contribution in [3.63, 3.8) is 0 Å². The molecule has 0 spiro atoms. The van der Waals surface area contributed by atoms with Gasteiger partial charge in [-0.2, -0.15) is 0 Å². The van der Waals surface area contributed by atoms with Crippen LogP contribution in [0, 0.1) is 0 Å². The van der Waals surface area contributed by atoms with Gasteiger partial charge >= 0.3 is 0 Å². The fraction of sp³-hybridized carbons (Fsp3) is 0. The third kappa shape index (κ3) is 1.61. The van der Waals surface area contributed by atoms with E-state index in [1.807, 2.05) is 36.4 Å². The number of aromatic nitrogens is 2. The molecule has 0 radical (unpaired) electrons. The second-order valence-electron chi connectivity index (χ2n) is 5.54. The largest absolute Gasteiger partial charge is 0.268 e. The molecule has 0 N–H and O–H groups in total. The lowest BCUT2D eigenvalue weighted by Crippen LogP contribution is -2.13. The lowest BCUT2D eigenvalue weighted by molar-refractivity contribution is 1.19. The second-order valence-corrected chi connectivity index (χ2v) is 6.35. The van der Waals surface area contributed by atoms with Crippen LogP contribution in [0.4, 0.5) is 0 Å². The Bertz CT molecular complexity index is 1300. The average molecular weight is 339 g/mol. The number of pyridine rings is 1. The first-order chi connectivity index (χ1) is 11.1. The number of hydrogen-bond acceptors (Lipinski definition) is 2. The minimum absolute atomic E-state index is 0.0924. The second kappa shape index (κ2) is 4.34. The zero-order chi connectivity index (χ0) is 15.7. The van der Waals surface area contributed by atoms with E-state index in [0.29, 0.717) is 32.1 Å². The van der Waals surface area contributed by atoms with E-state index in [2.05, 4.69) is 4.98 Å². The van der Waals surface area contributed by atoms with E-state index in [1.54, 1.807) is 16.5 Å². The molecule has 0 aliphatic rings. The van der Waals surface area contributed by atoms with E-state index in [9.17, 15) is 4.79 Å². The molecule has 110 valence electrons. The number of nitrogens with zero attached hydrogens (tertiary/aromatic N) is 2. The van der Waals surface area contributed by atoms with Gasteiger partial charge < -0.3 is 0 Å². The number of fused-ring (bicyclic) bond motifs is 4. The minimum Gasteiger partial charge on any atom is -0.268 e. The molecule has 0 fully saturated rings. The van der Waals surface area contributed by atoms with Gasteiger partial charge in [0.2, 0.25) is 0 Å². The highest BCUT2D eigenvalue weighted by molar-refractivity contribution is 6.42. The maximum Gasteiger partial charge on any atom is 0.264 e. The number of benzene rings is 3. The molecule has 3 nitrogen and oxygen atoms in total. The Labute approximate surface area is 140 Å². The first-order valence-corrected chi connectivity index (χ1v) is 7.85. The minimum atomic E-state index is -0.0924. The van der Waals surface area contributed by atoms with Gasteiger partial charge in [0.1, 0.15) is 5.65 Å². The summed E-state index contributed by atoms with van der Waals surface area (Å²) in [5.74, 6) is 0. The van der Waals surface area contributed by atoms with Crippen LogP contribution in [-0.2, 0) is 0 Å². The van der Waals surface area contributed by atoms with Gasteiger partial charge in [-0.25, -0.2) is 4.98 Å². The topological polar surface area (TPSA) is 34.4 Å². The lowest BCUT2D eigenvalue weighted by Gasteiger charge is -2.06. The van der Waals surface area contributed by atoms with Gasteiger partial charge in [0.05, 0.1) is 21.1 Å². The molecule has 2 heterocycles. The molecule has 0 saturated heterocycles. The molecule has 5 rings (SSSR count). The predicted molar refractivity (Wildman–Crippen MR) is 95.2 cm³/mol. The zero-order valence-corrected chi connectivity index (χ0v) is 13.2. The van der Waals surface area contributed by atoms with Crippen LogP contribution in [0.25, 0.3) is 38.2 Å². The van der Waals surface area contributed by atoms with Gasteiger partial charge in [0.25, 0.3) is 5.56 Å². The molecule has 3 aromatic carbocycles. The van der Waals surface area contributed by atoms with Crippen LogP contribution < -0.4 is 5.56 Å². The van der Waals surface area contributed by atoms with Gasteiger partial charge in [-0.3, -0.25) is 9.20 Å². The molecule has 2 aromatic heterocycles. The summed E-state index contributed by atoms with van der Waals surface area (Å²) >= 11 is 12.2. The lowest BCUT2D eigenvalue weighted by atomic mass is 10.0. The number of imidazole rings is 1. The van der Waals surface area contributed by atoms with Crippen LogP contribution in [0.15, 0.2) is 53.3 Å². The maximum absolute atomic E-state index is 13.0. The van der Waals surface area contributed by atoms with Crippen LogP contribution >= 0.6 is 23.2 Å². The van der Waals surface area contributed by atoms with Crippen molar-refractivity contribution in [3.8, 4) is 0 Å². The average Bonchev–Trinajstić information content (AvgIpc) is 2.91. The molecule has 5 heteroatoms.